The Morgan fingerprint density at radius 2 is 0.698 bits per heavy atom. The van der Waals surface area contributed by atoms with Gasteiger partial charge in [-0.2, -0.15) is 16.8 Å². The SMILES string of the molecule is CCCCCCCCCCOCC(COCCOCC(COCCCCCCCCCC)OS(=O)(=O)O)OS(=O)(=O)O.[Na]. The number of unbranched alkanes of at least 4 members (excludes halogenated alkanes) is 14. The van der Waals surface area contributed by atoms with E-state index in [4.69, 9.17) is 28.1 Å². The number of ether oxygens (including phenoxy) is 4. The molecule has 0 aliphatic heterocycles. The van der Waals surface area contributed by atoms with Crippen LogP contribution in [0.1, 0.15) is 117 Å². The van der Waals surface area contributed by atoms with Gasteiger partial charge in [0.05, 0.1) is 39.6 Å². The van der Waals surface area contributed by atoms with E-state index in [9.17, 15) is 16.8 Å². The molecule has 0 amide bonds. The zero-order valence-corrected chi connectivity index (χ0v) is 30.6. The van der Waals surface area contributed by atoms with Gasteiger partial charge in [0.15, 0.2) is 0 Å². The van der Waals surface area contributed by atoms with E-state index < -0.39 is 33.0 Å². The summed E-state index contributed by atoms with van der Waals surface area (Å²) in [4.78, 5) is 0. The predicted octanol–water partition coefficient (Wildman–Crippen LogP) is 5.33. The molecule has 0 heterocycles. The van der Waals surface area contributed by atoms with Gasteiger partial charge in [-0.1, -0.05) is 104 Å². The summed E-state index contributed by atoms with van der Waals surface area (Å²) in [5, 5.41) is 0. The maximum atomic E-state index is 11.2. The van der Waals surface area contributed by atoms with E-state index in [0.717, 1.165) is 38.5 Å². The van der Waals surface area contributed by atoms with Gasteiger partial charge in [-0.25, -0.2) is 8.37 Å². The van der Waals surface area contributed by atoms with Gasteiger partial charge in [-0.3, -0.25) is 9.11 Å². The van der Waals surface area contributed by atoms with Crippen molar-refractivity contribution in [2.24, 2.45) is 0 Å². The molecule has 0 fully saturated rings. The van der Waals surface area contributed by atoms with Crippen LogP contribution in [-0.2, 0) is 48.1 Å². The molecule has 255 valence electrons. The zero-order chi connectivity index (χ0) is 31.4. The summed E-state index contributed by atoms with van der Waals surface area (Å²) in [5.41, 5.74) is 0. The molecule has 15 heteroatoms. The van der Waals surface area contributed by atoms with Crippen LogP contribution in [0.4, 0.5) is 0 Å². The molecule has 12 nitrogen and oxygen atoms in total. The molecule has 2 atom stereocenters. The Morgan fingerprint density at radius 3 is 0.977 bits per heavy atom. The monoisotopic (exact) mass is 673 g/mol. The van der Waals surface area contributed by atoms with E-state index in [2.05, 4.69) is 22.2 Å². The van der Waals surface area contributed by atoms with Crippen LogP contribution in [0.25, 0.3) is 0 Å². The van der Waals surface area contributed by atoms with Crippen molar-refractivity contribution in [3.63, 3.8) is 0 Å². The van der Waals surface area contributed by atoms with Crippen molar-refractivity contribution in [3.05, 3.63) is 0 Å². The normalized spacial score (nSPS) is 13.6. The molecule has 0 aromatic rings. The van der Waals surface area contributed by atoms with Crippen LogP contribution in [0.3, 0.4) is 0 Å². The van der Waals surface area contributed by atoms with Crippen molar-refractivity contribution in [2.75, 3.05) is 52.9 Å². The van der Waals surface area contributed by atoms with Gasteiger partial charge in [0.2, 0.25) is 0 Å². The Morgan fingerprint density at radius 1 is 0.442 bits per heavy atom. The molecule has 0 aromatic carbocycles. The molecule has 0 bridgehead atoms. The first kappa shape index (κ1) is 45.7. The maximum absolute atomic E-state index is 11.2. The van der Waals surface area contributed by atoms with Crippen molar-refractivity contribution < 1.29 is 53.3 Å². The van der Waals surface area contributed by atoms with Gasteiger partial charge in [0.25, 0.3) is 0 Å². The van der Waals surface area contributed by atoms with E-state index >= 15 is 0 Å². The van der Waals surface area contributed by atoms with Gasteiger partial charge in [0, 0.05) is 42.8 Å². The van der Waals surface area contributed by atoms with Crippen molar-refractivity contribution in [1.82, 2.24) is 0 Å². The first-order chi connectivity index (χ1) is 20.1. The summed E-state index contributed by atoms with van der Waals surface area (Å²) >= 11 is 0. The first-order valence-corrected chi connectivity index (χ1v) is 18.4. The minimum atomic E-state index is -4.69. The Hall–Kier alpha value is 0.580. The molecule has 0 rings (SSSR count). The van der Waals surface area contributed by atoms with Gasteiger partial charge in [-0.05, 0) is 12.8 Å². The quantitative estimate of drug-likeness (QED) is 0.0524. The first-order valence-electron chi connectivity index (χ1n) is 15.7. The van der Waals surface area contributed by atoms with Crippen LogP contribution in [0.2, 0.25) is 0 Å². The van der Waals surface area contributed by atoms with Crippen LogP contribution in [0.5, 0.6) is 0 Å². The summed E-state index contributed by atoms with van der Waals surface area (Å²) in [7, 11) is -9.37. The number of rotatable bonds is 33. The second kappa shape index (κ2) is 31.2. The Labute approximate surface area is 283 Å². The fourth-order valence-electron chi connectivity index (χ4n) is 4.20. The van der Waals surface area contributed by atoms with E-state index in [0.29, 0.717) is 13.2 Å². The zero-order valence-electron chi connectivity index (χ0n) is 26.9. The largest absolute Gasteiger partial charge is 0.397 e. The van der Waals surface area contributed by atoms with Crippen LogP contribution in [-0.4, -0.2) is 121 Å². The summed E-state index contributed by atoms with van der Waals surface area (Å²) in [6.07, 6.45) is 16.3. The minimum absolute atomic E-state index is 0. The summed E-state index contributed by atoms with van der Waals surface area (Å²) in [6, 6.07) is 0. The molecule has 1 radical (unpaired) electrons. The van der Waals surface area contributed by atoms with E-state index in [1.165, 1.54) is 64.2 Å². The molecule has 0 spiro atoms. The topological polar surface area (TPSA) is 164 Å². The van der Waals surface area contributed by atoms with Gasteiger partial charge in [-0.15, -0.1) is 0 Å². The van der Waals surface area contributed by atoms with Crippen molar-refractivity contribution in [3.8, 4) is 0 Å². The molecular formula is C28H58NaO12S2. The van der Waals surface area contributed by atoms with Gasteiger partial charge < -0.3 is 18.9 Å². The second-order valence-corrected chi connectivity index (χ2v) is 12.6. The van der Waals surface area contributed by atoms with Crippen molar-refractivity contribution >= 4 is 50.4 Å². The smallest absolute Gasteiger partial charge is 0.379 e. The van der Waals surface area contributed by atoms with Gasteiger partial charge in [0.1, 0.15) is 12.2 Å². The van der Waals surface area contributed by atoms with E-state index in [1.807, 2.05) is 0 Å². The van der Waals surface area contributed by atoms with Crippen molar-refractivity contribution in [1.29, 1.82) is 0 Å². The maximum Gasteiger partial charge on any atom is 0.397 e. The molecule has 0 aromatic heterocycles. The predicted molar refractivity (Wildman–Crippen MR) is 167 cm³/mol. The summed E-state index contributed by atoms with van der Waals surface area (Å²) in [5.74, 6) is 0. The summed E-state index contributed by atoms with van der Waals surface area (Å²) < 4.78 is 93.7. The number of hydrogen-bond donors (Lipinski definition) is 2. The molecule has 43 heavy (non-hydrogen) atoms. The van der Waals surface area contributed by atoms with Crippen LogP contribution < -0.4 is 0 Å². The molecule has 0 saturated heterocycles. The Kier molecular flexibility index (Phi) is 33.2. The van der Waals surface area contributed by atoms with Crippen LogP contribution >= 0.6 is 0 Å². The second-order valence-electron chi connectivity index (χ2n) is 10.5. The fourth-order valence-corrected chi connectivity index (χ4v) is 5.11. The van der Waals surface area contributed by atoms with Crippen LogP contribution in [0, 0.1) is 0 Å². The average molecular weight is 674 g/mol. The van der Waals surface area contributed by atoms with Gasteiger partial charge >= 0.3 is 20.8 Å². The van der Waals surface area contributed by atoms with E-state index in [-0.39, 0.29) is 69.2 Å². The molecule has 2 unspecified atom stereocenters. The summed E-state index contributed by atoms with van der Waals surface area (Å²) in [6.45, 7) is 4.83. The Balaban J connectivity index is 0. The Bertz CT molecular complexity index is 734. The molecule has 0 aliphatic carbocycles. The van der Waals surface area contributed by atoms with Crippen molar-refractivity contribution in [2.45, 2.75) is 129 Å². The minimum Gasteiger partial charge on any atom is -0.379 e. The average Bonchev–Trinajstić information content (AvgIpc) is 2.90. The standard InChI is InChI=1S/C28H58O12S2.Na/c1-3-5-7-9-11-13-15-17-19-35-23-27(39-41(29,30)31)25-37-21-22-38-26-28(40-42(32,33)34)24-36-20-18-16-14-12-10-8-6-4-2;/h27-28H,3-26H2,1-2H3,(H,29,30,31)(H,32,33,34);. The van der Waals surface area contributed by atoms with E-state index in [1.54, 1.807) is 0 Å². The third kappa shape index (κ3) is 36.9. The third-order valence-electron chi connectivity index (χ3n) is 6.39. The molecular weight excluding hydrogens is 615 g/mol. The molecule has 2 N–H and O–H groups in total. The third-order valence-corrected chi connectivity index (χ3v) is 7.42. The molecule has 0 saturated carbocycles. The fraction of sp³-hybridized carbons (Fsp3) is 1.00. The van der Waals surface area contributed by atoms with Crippen LogP contribution in [0.15, 0.2) is 0 Å². The molecule has 0 aliphatic rings. The number of hydrogen-bond acceptors (Lipinski definition) is 10.